The summed E-state index contributed by atoms with van der Waals surface area (Å²) in [4.78, 5) is 16.8. The highest BCUT2D eigenvalue weighted by Crippen LogP contribution is 2.25. The van der Waals surface area contributed by atoms with E-state index in [-0.39, 0.29) is 5.43 Å². The van der Waals surface area contributed by atoms with Gasteiger partial charge in [-0.1, -0.05) is 12.2 Å². The Morgan fingerprint density at radius 1 is 1.27 bits per heavy atom. The normalized spacial score (nSPS) is 11.8. The van der Waals surface area contributed by atoms with E-state index in [4.69, 9.17) is 17.0 Å². The van der Waals surface area contributed by atoms with Crippen LogP contribution in [0.15, 0.2) is 29.2 Å². The van der Waals surface area contributed by atoms with Gasteiger partial charge in [-0.25, -0.2) is 4.98 Å². The number of ether oxygens (including phenoxy) is 1. The maximum atomic E-state index is 12.2. The van der Waals surface area contributed by atoms with E-state index >= 15 is 0 Å². The van der Waals surface area contributed by atoms with Gasteiger partial charge in [0, 0.05) is 23.4 Å². The van der Waals surface area contributed by atoms with Crippen LogP contribution in [0.25, 0.3) is 22.3 Å². The molecular formula is C16H13N3O2S. The minimum Gasteiger partial charge on any atom is -0.497 e. The molecule has 0 aliphatic heterocycles. The summed E-state index contributed by atoms with van der Waals surface area (Å²) in [5.74, 6) is 1.46. The lowest BCUT2D eigenvalue weighted by molar-refractivity contribution is 0.415. The van der Waals surface area contributed by atoms with Gasteiger partial charge in [0.05, 0.1) is 23.7 Å². The molecule has 0 atom stereocenters. The Balaban J connectivity index is 2.32. The lowest BCUT2D eigenvalue weighted by Gasteiger charge is -2.00. The fourth-order valence-electron chi connectivity index (χ4n) is 2.96. The molecule has 1 aromatic carbocycles. The fraction of sp³-hybridized carbons (Fsp3) is 0.188. The maximum Gasteiger partial charge on any atom is 0.220 e. The molecule has 4 rings (SSSR count). The van der Waals surface area contributed by atoms with Crippen molar-refractivity contribution in [3.63, 3.8) is 0 Å². The van der Waals surface area contributed by atoms with Crippen LogP contribution in [0.2, 0.25) is 0 Å². The van der Waals surface area contributed by atoms with Gasteiger partial charge in [-0.2, -0.15) is 0 Å². The first-order chi connectivity index (χ1) is 10.5. The number of aryl methyl sites for hydroxylation is 2. The predicted octanol–water partition coefficient (Wildman–Crippen LogP) is 2.89. The molecule has 0 bridgehead atoms. The first kappa shape index (κ1) is 13.2. The summed E-state index contributed by atoms with van der Waals surface area (Å²) in [5, 5.41) is 0. The van der Waals surface area contributed by atoms with Gasteiger partial charge >= 0.3 is 0 Å². The summed E-state index contributed by atoms with van der Waals surface area (Å²) in [5.41, 5.74) is 3.85. The predicted molar refractivity (Wildman–Crippen MR) is 88.0 cm³/mol. The average molecular weight is 311 g/mol. The Kier molecular flexibility index (Phi) is 2.56. The highest BCUT2D eigenvalue weighted by molar-refractivity contribution is 7.71. The Morgan fingerprint density at radius 3 is 2.77 bits per heavy atom. The summed E-state index contributed by atoms with van der Waals surface area (Å²) < 4.78 is 9.68. The molecule has 3 aromatic heterocycles. The number of fused-ring (bicyclic) bond motifs is 5. The number of pyridine rings is 1. The molecule has 0 aliphatic rings. The fourth-order valence-corrected chi connectivity index (χ4v) is 3.39. The molecule has 6 heteroatoms. The van der Waals surface area contributed by atoms with E-state index in [9.17, 15) is 4.79 Å². The van der Waals surface area contributed by atoms with E-state index < -0.39 is 0 Å². The van der Waals surface area contributed by atoms with Gasteiger partial charge < -0.3 is 4.74 Å². The molecule has 0 saturated heterocycles. The van der Waals surface area contributed by atoms with Crippen LogP contribution < -0.4 is 10.2 Å². The van der Waals surface area contributed by atoms with Gasteiger partial charge in [0.2, 0.25) is 5.78 Å². The highest BCUT2D eigenvalue weighted by Gasteiger charge is 2.16. The van der Waals surface area contributed by atoms with E-state index in [2.05, 4.69) is 4.98 Å². The van der Waals surface area contributed by atoms with Gasteiger partial charge in [0.15, 0.2) is 5.43 Å². The smallest absolute Gasteiger partial charge is 0.220 e. The van der Waals surface area contributed by atoms with E-state index in [0.29, 0.717) is 15.8 Å². The van der Waals surface area contributed by atoms with E-state index in [0.717, 1.165) is 28.1 Å². The molecule has 4 aromatic rings. The monoisotopic (exact) mass is 311 g/mol. The molecule has 22 heavy (non-hydrogen) atoms. The lowest BCUT2D eigenvalue weighted by Crippen LogP contribution is -2.11. The summed E-state index contributed by atoms with van der Waals surface area (Å²) in [6.45, 7) is 3.61. The summed E-state index contributed by atoms with van der Waals surface area (Å²) in [6, 6.07) is 5.69. The lowest BCUT2D eigenvalue weighted by atomic mass is 10.2. The van der Waals surface area contributed by atoms with Crippen molar-refractivity contribution in [2.75, 3.05) is 7.11 Å². The van der Waals surface area contributed by atoms with Crippen LogP contribution in [0.1, 0.15) is 11.1 Å². The molecule has 3 heterocycles. The molecule has 0 spiro atoms. The minimum atomic E-state index is 0.0289. The van der Waals surface area contributed by atoms with Gasteiger partial charge in [-0.3, -0.25) is 13.6 Å². The SMILES string of the molecule is COc1ccc2nc3n4cc(C)c(=O)c(C)c4c(=S)n3c2c1. The number of rotatable bonds is 1. The Bertz CT molecular complexity index is 1170. The van der Waals surface area contributed by atoms with Crippen molar-refractivity contribution in [1.29, 1.82) is 0 Å². The Labute approximate surface area is 130 Å². The van der Waals surface area contributed by atoms with Crippen molar-refractivity contribution >= 4 is 34.5 Å². The summed E-state index contributed by atoms with van der Waals surface area (Å²) in [7, 11) is 1.63. The minimum absolute atomic E-state index is 0.0289. The topological polar surface area (TPSA) is 48.0 Å². The molecule has 110 valence electrons. The molecule has 0 fully saturated rings. The van der Waals surface area contributed by atoms with Crippen LogP contribution in [0, 0.1) is 18.5 Å². The molecule has 5 nitrogen and oxygen atoms in total. The third kappa shape index (κ3) is 1.50. The zero-order valence-corrected chi connectivity index (χ0v) is 13.2. The zero-order chi connectivity index (χ0) is 15.6. The van der Waals surface area contributed by atoms with Crippen LogP contribution in [0.3, 0.4) is 0 Å². The zero-order valence-electron chi connectivity index (χ0n) is 12.4. The second-order valence-corrected chi connectivity index (χ2v) is 5.78. The summed E-state index contributed by atoms with van der Waals surface area (Å²) >= 11 is 5.60. The molecule has 0 unspecified atom stereocenters. The second-order valence-electron chi connectivity index (χ2n) is 5.39. The molecule has 0 amide bonds. The second kappa shape index (κ2) is 4.27. The third-order valence-corrected chi connectivity index (χ3v) is 4.46. The Hall–Kier alpha value is -2.47. The first-order valence-electron chi connectivity index (χ1n) is 6.87. The molecular weight excluding hydrogens is 298 g/mol. The largest absolute Gasteiger partial charge is 0.497 e. The van der Waals surface area contributed by atoms with Crippen molar-refractivity contribution in [2.45, 2.75) is 13.8 Å². The summed E-state index contributed by atoms with van der Waals surface area (Å²) in [6.07, 6.45) is 1.80. The van der Waals surface area contributed by atoms with Gasteiger partial charge in [-0.05, 0) is 26.0 Å². The van der Waals surface area contributed by atoms with Crippen LogP contribution in [0.4, 0.5) is 0 Å². The van der Waals surface area contributed by atoms with Gasteiger partial charge in [-0.15, -0.1) is 0 Å². The van der Waals surface area contributed by atoms with Crippen LogP contribution in [-0.2, 0) is 0 Å². The number of hydrogen-bond acceptors (Lipinski definition) is 4. The number of nitrogens with zero attached hydrogens (tertiary/aromatic N) is 3. The van der Waals surface area contributed by atoms with Crippen LogP contribution in [-0.4, -0.2) is 20.9 Å². The van der Waals surface area contributed by atoms with Crippen molar-refractivity contribution in [2.24, 2.45) is 0 Å². The molecule has 0 saturated carbocycles. The molecule has 0 aliphatic carbocycles. The first-order valence-corrected chi connectivity index (χ1v) is 7.28. The maximum absolute atomic E-state index is 12.2. The number of aromatic nitrogens is 3. The quantitative estimate of drug-likeness (QED) is 0.507. The van der Waals surface area contributed by atoms with Crippen LogP contribution >= 0.6 is 12.2 Å². The van der Waals surface area contributed by atoms with Crippen LogP contribution in [0.5, 0.6) is 5.75 Å². The number of imidazole rings is 2. The van der Waals surface area contributed by atoms with E-state index in [1.807, 2.05) is 33.9 Å². The molecule has 0 N–H and O–H groups in total. The van der Waals surface area contributed by atoms with Gasteiger partial charge in [0.25, 0.3) is 0 Å². The Morgan fingerprint density at radius 2 is 2.05 bits per heavy atom. The molecule has 0 radical (unpaired) electrons. The van der Waals surface area contributed by atoms with Crippen molar-refractivity contribution in [1.82, 2.24) is 13.8 Å². The third-order valence-electron chi connectivity index (χ3n) is 4.08. The van der Waals surface area contributed by atoms with Crippen molar-refractivity contribution in [3.8, 4) is 5.75 Å². The van der Waals surface area contributed by atoms with E-state index in [1.165, 1.54) is 0 Å². The number of hydrogen-bond donors (Lipinski definition) is 0. The van der Waals surface area contributed by atoms with Crippen molar-refractivity contribution < 1.29 is 4.74 Å². The van der Waals surface area contributed by atoms with Gasteiger partial charge in [0.1, 0.15) is 10.4 Å². The number of methoxy groups -OCH3 is 1. The number of benzene rings is 1. The van der Waals surface area contributed by atoms with Crippen molar-refractivity contribution in [3.05, 3.63) is 50.4 Å². The standard InChI is InChI=1S/C16H13N3O2S/c1-8-7-18-13(9(2)14(8)20)15(22)19-12-6-10(21-3)4-5-11(12)17-16(18)19/h4-7H,1-3H3. The van der Waals surface area contributed by atoms with E-state index in [1.54, 1.807) is 20.2 Å². The average Bonchev–Trinajstić information content (AvgIpc) is 3.01. The highest BCUT2D eigenvalue weighted by atomic mass is 32.1.